The van der Waals surface area contributed by atoms with Crippen LogP contribution in [0.25, 0.3) is 10.9 Å². The van der Waals surface area contributed by atoms with Crippen molar-refractivity contribution in [2.24, 2.45) is 7.05 Å². The zero-order chi connectivity index (χ0) is 28.3. The third-order valence-corrected chi connectivity index (χ3v) is 6.08. The molecule has 0 bridgehead atoms. The summed E-state index contributed by atoms with van der Waals surface area (Å²) in [5.74, 6) is -1.49. The molecule has 3 rings (SSSR count). The number of nitrogens with one attached hydrogen (secondary N) is 1. The van der Waals surface area contributed by atoms with Gasteiger partial charge >= 0.3 is 12.4 Å². The summed E-state index contributed by atoms with van der Waals surface area (Å²) < 4.78 is 82.0. The van der Waals surface area contributed by atoms with Gasteiger partial charge in [-0.1, -0.05) is 31.2 Å². The third-order valence-electron chi connectivity index (χ3n) is 6.08. The molecule has 204 valence electrons. The van der Waals surface area contributed by atoms with Crippen LogP contribution in [-0.4, -0.2) is 40.9 Å². The van der Waals surface area contributed by atoms with Crippen LogP contribution in [0.2, 0.25) is 0 Å². The van der Waals surface area contributed by atoms with E-state index >= 15 is 0 Å². The van der Waals surface area contributed by atoms with E-state index in [9.17, 15) is 35.9 Å². The molecule has 0 spiro atoms. The molecule has 2 amide bonds. The molecular weight excluding hydrogens is 512 g/mol. The summed E-state index contributed by atoms with van der Waals surface area (Å²) in [6, 6.07) is 7.35. The molecule has 0 aliphatic heterocycles. The van der Waals surface area contributed by atoms with E-state index in [1.165, 1.54) is 19.2 Å². The second kappa shape index (κ2) is 11.3. The normalized spacial score (nSPS) is 13.2. The van der Waals surface area contributed by atoms with E-state index in [-0.39, 0.29) is 12.5 Å². The van der Waals surface area contributed by atoms with Crippen molar-refractivity contribution >= 4 is 22.7 Å². The molecule has 1 heterocycles. The molecule has 1 aromatic heterocycles. The lowest BCUT2D eigenvalue weighted by Gasteiger charge is -2.27. The third kappa shape index (κ3) is 6.76. The highest BCUT2D eigenvalue weighted by atomic mass is 19.4. The Kier molecular flexibility index (Phi) is 8.58. The largest absolute Gasteiger partial charge is 0.416 e. The van der Waals surface area contributed by atoms with Gasteiger partial charge in [0.05, 0.1) is 17.2 Å². The molecule has 1 N–H and O–H groups in total. The number of amides is 2. The van der Waals surface area contributed by atoms with E-state index in [2.05, 4.69) is 5.32 Å². The summed E-state index contributed by atoms with van der Waals surface area (Å²) >= 11 is 0. The van der Waals surface area contributed by atoms with Crippen molar-refractivity contribution in [3.8, 4) is 0 Å². The lowest BCUT2D eigenvalue weighted by molar-refractivity contribution is -0.143. The van der Waals surface area contributed by atoms with E-state index < -0.39 is 46.9 Å². The van der Waals surface area contributed by atoms with Crippen LogP contribution in [0, 0.1) is 0 Å². The number of fused-ring (bicyclic) bond motifs is 1. The number of likely N-dealkylation sites (N-methyl/N-ethyl adjacent to an activating group) is 1. The first-order valence-corrected chi connectivity index (χ1v) is 11.8. The number of halogens is 6. The lowest BCUT2D eigenvalue weighted by atomic mass is 10.0. The molecule has 11 heteroatoms. The molecular formula is C27H27F6N3O2. The first-order chi connectivity index (χ1) is 17.7. The molecule has 5 nitrogen and oxygen atoms in total. The molecule has 2 aromatic carbocycles. The van der Waals surface area contributed by atoms with Crippen LogP contribution >= 0.6 is 0 Å². The van der Waals surface area contributed by atoms with Gasteiger partial charge in [0.2, 0.25) is 5.91 Å². The average Bonchev–Trinajstić information content (AvgIpc) is 3.18. The molecule has 1 atom stereocenters. The highest BCUT2D eigenvalue weighted by molar-refractivity contribution is 5.95. The van der Waals surface area contributed by atoms with Gasteiger partial charge in [0.25, 0.3) is 5.91 Å². The van der Waals surface area contributed by atoms with Crippen molar-refractivity contribution in [1.29, 1.82) is 0 Å². The number of carbonyl (C=O) groups is 2. The molecule has 0 fully saturated rings. The molecule has 38 heavy (non-hydrogen) atoms. The Morgan fingerprint density at radius 1 is 1.03 bits per heavy atom. The smallest absolute Gasteiger partial charge is 0.353 e. The number of benzene rings is 2. The van der Waals surface area contributed by atoms with E-state index in [1.54, 1.807) is 0 Å². The molecule has 0 radical (unpaired) electrons. The maximum absolute atomic E-state index is 13.4. The van der Waals surface area contributed by atoms with Crippen LogP contribution in [0.4, 0.5) is 26.3 Å². The predicted octanol–water partition coefficient (Wildman–Crippen LogP) is 5.98. The van der Waals surface area contributed by atoms with E-state index in [1.807, 2.05) is 49.0 Å². The van der Waals surface area contributed by atoms with Crippen molar-refractivity contribution in [2.45, 2.75) is 38.2 Å². The second-order valence-electron chi connectivity index (χ2n) is 8.91. The monoisotopic (exact) mass is 539 g/mol. The quantitative estimate of drug-likeness (QED) is 0.283. The Hall–Kier alpha value is -3.76. The Morgan fingerprint density at radius 3 is 2.21 bits per heavy atom. The summed E-state index contributed by atoms with van der Waals surface area (Å²) in [6.07, 6.45) is -4.87. The number of alkyl halides is 6. The molecule has 1 unspecified atom stereocenters. The number of hydrogen-bond donors (Lipinski definition) is 1. The Bertz CT molecular complexity index is 1310. The summed E-state index contributed by atoms with van der Waals surface area (Å²) in [4.78, 5) is 26.5. The maximum Gasteiger partial charge on any atom is 0.416 e. The molecule has 0 saturated carbocycles. The SMILES string of the molecule is CCCNC(=O)C=CC(Cc1cn(C)c2ccccc12)N(C)C(=O)c1cc(C(F)(F)F)cc(C(F)(F)F)c1. The van der Waals surface area contributed by atoms with Crippen molar-refractivity contribution in [1.82, 2.24) is 14.8 Å². The fourth-order valence-corrected chi connectivity index (χ4v) is 4.09. The molecule has 3 aromatic rings. The fraction of sp³-hybridized carbons (Fsp3) is 0.333. The summed E-state index contributed by atoms with van der Waals surface area (Å²) in [6.45, 7) is 2.28. The minimum absolute atomic E-state index is 0.0255. The highest BCUT2D eigenvalue weighted by Gasteiger charge is 2.38. The number of aryl methyl sites for hydroxylation is 1. The minimum atomic E-state index is -5.09. The van der Waals surface area contributed by atoms with Gasteiger partial charge in [-0.2, -0.15) is 26.3 Å². The number of aromatic nitrogens is 1. The Morgan fingerprint density at radius 2 is 1.63 bits per heavy atom. The Labute approximate surface area is 215 Å². The first-order valence-electron chi connectivity index (χ1n) is 11.8. The summed E-state index contributed by atoms with van der Waals surface area (Å²) in [5.41, 5.74) is -2.24. The standard InChI is InChI=1S/C27H27F6N3O2/c1-4-11-34-24(37)10-9-21(14-18-16-35(2)23-8-6-5-7-22(18)23)36(3)25(38)17-12-19(26(28,29)30)15-20(13-17)27(31,32)33/h5-10,12-13,15-16,21H,4,11,14H2,1-3H3,(H,34,37). The number of hydrogen-bond acceptors (Lipinski definition) is 2. The van der Waals surface area contributed by atoms with Gasteiger partial charge in [-0.15, -0.1) is 0 Å². The maximum atomic E-state index is 13.4. The van der Waals surface area contributed by atoms with Crippen LogP contribution in [0.15, 0.2) is 60.8 Å². The van der Waals surface area contributed by atoms with Gasteiger partial charge in [-0.05, 0) is 42.7 Å². The van der Waals surface area contributed by atoms with Gasteiger partial charge in [0.15, 0.2) is 0 Å². The topological polar surface area (TPSA) is 54.3 Å². The number of para-hydroxylation sites is 1. The van der Waals surface area contributed by atoms with Crippen molar-refractivity contribution < 1.29 is 35.9 Å². The van der Waals surface area contributed by atoms with Crippen LogP contribution < -0.4 is 5.32 Å². The van der Waals surface area contributed by atoms with Gasteiger partial charge < -0.3 is 14.8 Å². The van der Waals surface area contributed by atoms with Crippen LogP contribution in [0.5, 0.6) is 0 Å². The van der Waals surface area contributed by atoms with Crippen LogP contribution in [0.3, 0.4) is 0 Å². The van der Waals surface area contributed by atoms with Gasteiger partial charge in [0.1, 0.15) is 0 Å². The second-order valence-corrected chi connectivity index (χ2v) is 8.91. The lowest BCUT2D eigenvalue weighted by Crippen LogP contribution is -2.38. The zero-order valence-corrected chi connectivity index (χ0v) is 21.0. The Balaban J connectivity index is 2.03. The summed E-state index contributed by atoms with van der Waals surface area (Å²) in [5, 5.41) is 3.51. The highest BCUT2D eigenvalue weighted by Crippen LogP contribution is 2.36. The first kappa shape index (κ1) is 28.8. The van der Waals surface area contributed by atoms with Crippen molar-refractivity contribution in [2.75, 3.05) is 13.6 Å². The van der Waals surface area contributed by atoms with E-state index in [0.29, 0.717) is 25.1 Å². The van der Waals surface area contributed by atoms with E-state index in [4.69, 9.17) is 0 Å². The fourth-order valence-electron chi connectivity index (χ4n) is 4.09. The van der Waals surface area contributed by atoms with Gasteiger partial charge in [-0.25, -0.2) is 0 Å². The molecule has 0 aliphatic rings. The predicted molar refractivity (Wildman–Crippen MR) is 131 cm³/mol. The van der Waals surface area contributed by atoms with Crippen molar-refractivity contribution in [3.05, 3.63) is 83.1 Å². The van der Waals surface area contributed by atoms with Gasteiger partial charge in [-0.3, -0.25) is 9.59 Å². The molecule has 0 saturated heterocycles. The van der Waals surface area contributed by atoms with Crippen LogP contribution in [-0.2, 0) is 30.6 Å². The van der Waals surface area contributed by atoms with Crippen molar-refractivity contribution in [3.63, 3.8) is 0 Å². The average molecular weight is 540 g/mol. The molecule has 0 aliphatic carbocycles. The van der Waals surface area contributed by atoms with Gasteiger partial charge in [0, 0.05) is 49.4 Å². The summed E-state index contributed by atoms with van der Waals surface area (Å²) in [7, 11) is 3.10. The number of rotatable bonds is 8. The van der Waals surface area contributed by atoms with Crippen LogP contribution in [0.1, 0.15) is 40.4 Å². The van der Waals surface area contributed by atoms with E-state index in [0.717, 1.165) is 21.4 Å². The number of carbonyl (C=O) groups excluding carboxylic acids is 2. The minimum Gasteiger partial charge on any atom is -0.353 e. The number of nitrogens with zero attached hydrogens (tertiary/aromatic N) is 2. The zero-order valence-electron chi connectivity index (χ0n) is 21.0.